The lowest BCUT2D eigenvalue weighted by Gasteiger charge is -2.29. The molecule has 0 unspecified atom stereocenters. The first kappa shape index (κ1) is 13.9. The fourth-order valence-electron chi connectivity index (χ4n) is 3.14. The van der Waals surface area contributed by atoms with E-state index in [9.17, 15) is 0 Å². The van der Waals surface area contributed by atoms with E-state index in [0.717, 1.165) is 30.5 Å². The standard InChI is InChI=1S/C16H20N4O/c1-10(2)11-3-5-12(6-4-11)15-19-16(21-20-15)14-8-7-13(9-17)18-14/h7-8,10-12,18H,3-6H2,1-2H3. The number of hydrogen-bond donors (Lipinski definition) is 1. The largest absolute Gasteiger partial charge is 0.342 e. The Morgan fingerprint density at radius 1 is 1.29 bits per heavy atom. The van der Waals surface area contributed by atoms with Crippen LogP contribution in [0.4, 0.5) is 0 Å². The van der Waals surface area contributed by atoms with Gasteiger partial charge >= 0.3 is 0 Å². The fraction of sp³-hybridized carbons (Fsp3) is 0.562. The van der Waals surface area contributed by atoms with E-state index in [1.165, 1.54) is 12.8 Å². The SMILES string of the molecule is CC(C)C1CCC(c2noc(-c3ccc(C#N)[nH]3)n2)CC1. The van der Waals surface area contributed by atoms with Crippen molar-refractivity contribution in [2.24, 2.45) is 11.8 Å². The minimum atomic E-state index is 0.405. The van der Waals surface area contributed by atoms with Crippen molar-refractivity contribution in [3.63, 3.8) is 0 Å². The Morgan fingerprint density at radius 2 is 2.05 bits per heavy atom. The molecule has 1 aliphatic rings. The highest BCUT2D eigenvalue weighted by atomic mass is 16.5. The van der Waals surface area contributed by atoms with E-state index < -0.39 is 0 Å². The Morgan fingerprint density at radius 3 is 2.67 bits per heavy atom. The number of nitrogens with zero attached hydrogens (tertiary/aromatic N) is 3. The van der Waals surface area contributed by atoms with Crippen LogP contribution in [0.15, 0.2) is 16.7 Å². The summed E-state index contributed by atoms with van der Waals surface area (Å²) in [5.41, 5.74) is 1.21. The Balaban J connectivity index is 1.70. The van der Waals surface area contributed by atoms with Gasteiger partial charge < -0.3 is 9.51 Å². The molecule has 5 heteroatoms. The molecule has 5 nitrogen and oxygen atoms in total. The van der Waals surface area contributed by atoms with Crippen molar-refractivity contribution in [2.45, 2.75) is 45.4 Å². The minimum Gasteiger partial charge on any atom is -0.342 e. The summed E-state index contributed by atoms with van der Waals surface area (Å²) in [4.78, 5) is 7.46. The van der Waals surface area contributed by atoms with Crippen molar-refractivity contribution in [3.05, 3.63) is 23.7 Å². The smallest absolute Gasteiger partial charge is 0.274 e. The zero-order chi connectivity index (χ0) is 14.8. The van der Waals surface area contributed by atoms with Crippen LogP contribution in [0.1, 0.15) is 57.0 Å². The van der Waals surface area contributed by atoms with Gasteiger partial charge in [0.1, 0.15) is 17.5 Å². The van der Waals surface area contributed by atoms with Crippen LogP contribution in [-0.2, 0) is 0 Å². The fourth-order valence-corrected chi connectivity index (χ4v) is 3.14. The van der Waals surface area contributed by atoms with E-state index in [1.54, 1.807) is 12.1 Å². The maximum absolute atomic E-state index is 8.83. The summed E-state index contributed by atoms with van der Waals surface area (Å²) in [5.74, 6) is 3.27. The van der Waals surface area contributed by atoms with Crippen LogP contribution in [0, 0.1) is 23.2 Å². The molecule has 1 saturated carbocycles. The number of H-pyrrole nitrogens is 1. The van der Waals surface area contributed by atoms with Gasteiger partial charge in [0.25, 0.3) is 5.89 Å². The van der Waals surface area contributed by atoms with E-state index >= 15 is 0 Å². The molecule has 1 N–H and O–H groups in total. The van der Waals surface area contributed by atoms with Gasteiger partial charge in [0.05, 0.1) is 0 Å². The van der Waals surface area contributed by atoms with Gasteiger partial charge in [-0.2, -0.15) is 10.2 Å². The van der Waals surface area contributed by atoms with Gasteiger partial charge in [0.15, 0.2) is 5.82 Å². The summed E-state index contributed by atoms with van der Waals surface area (Å²) >= 11 is 0. The maximum Gasteiger partial charge on any atom is 0.274 e. The predicted molar refractivity (Wildman–Crippen MR) is 78.3 cm³/mol. The molecule has 2 heterocycles. The third kappa shape index (κ3) is 2.85. The molecule has 0 bridgehead atoms. The van der Waals surface area contributed by atoms with Gasteiger partial charge in [-0.05, 0) is 49.7 Å². The summed E-state index contributed by atoms with van der Waals surface area (Å²) in [6.45, 7) is 4.60. The summed E-state index contributed by atoms with van der Waals surface area (Å²) in [6, 6.07) is 5.57. The first-order valence-corrected chi connectivity index (χ1v) is 7.60. The topological polar surface area (TPSA) is 78.5 Å². The molecule has 0 aromatic carbocycles. The Hall–Kier alpha value is -2.09. The molecule has 1 fully saturated rings. The molecule has 0 saturated heterocycles. The van der Waals surface area contributed by atoms with Crippen LogP contribution in [0.2, 0.25) is 0 Å². The quantitative estimate of drug-likeness (QED) is 0.928. The van der Waals surface area contributed by atoms with Crippen LogP contribution in [0.5, 0.6) is 0 Å². The van der Waals surface area contributed by atoms with Crippen LogP contribution < -0.4 is 0 Å². The van der Waals surface area contributed by atoms with Crippen LogP contribution in [0.3, 0.4) is 0 Å². The minimum absolute atomic E-state index is 0.405. The monoisotopic (exact) mass is 284 g/mol. The highest BCUT2D eigenvalue weighted by Crippen LogP contribution is 2.37. The van der Waals surface area contributed by atoms with Gasteiger partial charge in [-0.25, -0.2) is 0 Å². The van der Waals surface area contributed by atoms with Crippen molar-refractivity contribution >= 4 is 0 Å². The lowest BCUT2D eigenvalue weighted by Crippen LogP contribution is -2.18. The first-order chi connectivity index (χ1) is 10.2. The zero-order valence-corrected chi connectivity index (χ0v) is 12.5. The predicted octanol–water partition coefficient (Wildman–Crippen LogP) is 3.87. The zero-order valence-electron chi connectivity index (χ0n) is 12.5. The van der Waals surface area contributed by atoms with E-state index in [0.29, 0.717) is 23.2 Å². The molecule has 0 amide bonds. The molecular formula is C16H20N4O. The first-order valence-electron chi connectivity index (χ1n) is 7.60. The van der Waals surface area contributed by atoms with Crippen LogP contribution in [-0.4, -0.2) is 15.1 Å². The number of nitriles is 1. The van der Waals surface area contributed by atoms with Gasteiger partial charge in [0, 0.05) is 5.92 Å². The second-order valence-electron chi connectivity index (χ2n) is 6.21. The average molecular weight is 284 g/mol. The lowest BCUT2D eigenvalue weighted by atomic mass is 9.77. The van der Waals surface area contributed by atoms with Crippen molar-refractivity contribution in [2.75, 3.05) is 0 Å². The summed E-state index contributed by atoms with van der Waals surface area (Å²) < 4.78 is 5.33. The van der Waals surface area contributed by atoms with E-state index in [-0.39, 0.29) is 0 Å². The number of hydrogen-bond acceptors (Lipinski definition) is 4. The van der Waals surface area contributed by atoms with Crippen LogP contribution >= 0.6 is 0 Å². The van der Waals surface area contributed by atoms with Crippen molar-refractivity contribution in [1.29, 1.82) is 5.26 Å². The number of aromatic nitrogens is 3. The van der Waals surface area contributed by atoms with Gasteiger partial charge in [-0.15, -0.1) is 0 Å². The van der Waals surface area contributed by atoms with Crippen LogP contribution in [0.25, 0.3) is 11.6 Å². The van der Waals surface area contributed by atoms with E-state index in [4.69, 9.17) is 9.78 Å². The maximum atomic E-state index is 8.83. The highest BCUT2D eigenvalue weighted by molar-refractivity contribution is 5.49. The van der Waals surface area contributed by atoms with E-state index in [1.807, 2.05) is 0 Å². The Labute approximate surface area is 124 Å². The molecule has 3 rings (SSSR count). The molecule has 0 atom stereocenters. The molecule has 0 radical (unpaired) electrons. The normalized spacial score (nSPS) is 22.4. The Kier molecular flexibility index (Phi) is 3.78. The average Bonchev–Trinajstić information content (AvgIpc) is 3.16. The summed E-state index contributed by atoms with van der Waals surface area (Å²) in [5, 5.41) is 13.0. The highest BCUT2D eigenvalue weighted by Gasteiger charge is 2.27. The Bertz CT molecular complexity index is 641. The number of aromatic amines is 1. The second kappa shape index (κ2) is 5.72. The third-order valence-electron chi connectivity index (χ3n) is 4.56. The molecule has 110 valence electrons. The molecule has 21 heavy (non-hydrogen) atoms. The lowest BCUT2D eigenvalue weighted by molar-refractivity contribution is 0.252. The molecule has 0 spiro atoms. The summed E-state index contributed by atoms with van der Waals surface area (Å²) in [7, 11) is 0. The van der Waals surface area contributed by atoms with Crippen molar-refractivity contribution in [1.82, 2.24) is 15.1 Å². The molecule has 0 aliphatic heterocycles. The second-order valence-corrected chi connectivity index (χ2v) is 6.21. The number of rotatable bonds is 3. The number of nitrogens with one attached hydrogen (secondary N) is 1. The van der Waals surface area contributed by atoms with Crippen molar-refractivity contribution < 1.29 is 4.52 Å². The third-order valence-corrected chi connectivity index (χ3v) is 4.56. The molecule has 2 aromatic rings. The van der Waals surface area contributed by atoms with Crippen molar-refractivity contribution in [3.8, 4) is 17.7 Å². The van der Waals surface area contributed by atoms with Gasteiger partial charge in [-0.1, -0.05) is 19.0 Å². The summed E-state index contributed by atoms with van der Waals surface area (Å²) in [6.07, 6.45) is 4.76. The van der Waals surface area contributed by atoms with E-state index in [2.05, 4.69) is 35.0 Å². The molecular weight excluding hydrogens is 264 g/mol. The van der Waals surface area contributed by atoms with Gasteiger partial charge in [-0.3, -0.25) is 0 Å². The molecule has 2 aromatic heterocycles. The van der Waals surface area contributed by atoms with Gasteiger partial charge in [0.2, 0.25) is 0 Å². The molecule has 1 aliphatic carbocycles.